The predicted octanol–water partition coefficient (Wildman–Crippen LogP) is 3.66. The van der Waals surface area contributed by atoms with Gasteiger partial charge in [0.15, 0.2) is 0 Å². The fourth-order valence-corrected chi connectivity index (χ4v) is 3.06. The number of aromatic nitrogens is 3. The van der Waals surface area contributed by atoms with Gasteiger partial charge in [-0.15, -0.1) is 0 Å². The van der Waals surface area contributed by atoms with E-state index in [1.165, 1.54) is 6.08 Å². The van der Waals surface area contributed by atoms with E-state index >= 15 is 0 Å². The second kappa shape index (κ2) is 7.52. The highest BCUT2D eigenvalue weighted by Crippen LogP contribution is 2.26. The average Bonchev–Trinajstić information content (AvgIpc) is 3.14. The molecule has 3 N–H and O–H groups in total. The molecular formula is C23H18N4O2. The van der Waals surface area contributed by atoms with Crippen LogP contribution in [0.5, 0.6) is 0 Å². The molecular weight excluding hydrogens is 364 g/mol. The summed E-state index contributed by atoms with van der Waals surface area (Å²) in [6, 6.07) is 12.9. The van der Waals surface area contributed by atoms with E-state index < -0.39 is 5.91 Å². The maximum Gasteiger partial charge on any atom is 0.241 e. The summed E-state index contributed by atoms with van der Waals surface area (Å²) in [5.74, 6) is -0.624. The number of nitrogens with one attached hydrogen (secondary N) is 1. The first kappa shape index (κ1) is 18.3. The SMILES string of the molecule is Cc1ccc(C(=O)c2ccc(-c3cnc4[nH]cc(/C=C/C(N)=O)c4c3)cc2)nc1. The van der Waals surface area contributed by atoms with E-state index in [0.29, 0.717) is 11.3 Å². The first-order chi connectivity index (χ1) is 14.0. The number of hydrogen-bond donors (Lipinski definition) is 2. The molecule has 0 radical (unpaired) electrons. The van der Waals surface area contributed by atoms with Crippen LogP contribution < -0.4 is 5.73 Å². The number of ketones is 1. The van der Waals surface area contributed by atoms with E-state index in [2.05, 4.69) is 15.0 Å². The molecule has 29 heavy (non-hydrogen) atoms. The Balaban J connectivity index is 1.64. The minimum absolute atomic E-state index is 0.116. The lowest BCUT2D eigenvalue weighted by Gasteiger charge is -2.05. The number of hydrogen-bond acceptors (Lipinski definition) is 4. The zero-order valence-corrected chi connectivity index (χ0v) is 15.7. The van der Waals surface area contributed by atoms with E-state index in [9.17, 15) is 9.59 Å². The van der Waals surface area contributed by atoms with Crippen LogP contribution in [0, 0.1) is 6.92 Å². The molecule has 3 heterocycles. The van der Waals surface area contributed by atoms with Gasteiger partial charge in [0.25, 0.3) is 0 Å². The first-order valence-corrected chi connectivity index (χ1v) is 9.04. The number of H-pyrrole nitrogens is 1. The highest BCUT2D eigenvalue weighted by molar-refractivity contribution is 6.07. The second-order valence-corrected chi connectivity index (χ2v) is 6.73. The molecule has 0 atom stereocenters. The van der Waals surface area contributed by atoms with Crippen LogP contribution >= 0.6 is 0 Å². The van der Waals surface area contributed by atoms with Crippen molar-refractivity contribution in [3.8, 4) is 11.1 Å². The Morgan fingerprint density at radius 3 is 2.48 bits per heavy atom. The topological polar surface area (TPSA) is 102 Å². The van der Waals surface area contributed by atoms with Gasteiger partial charge in [0.1, 0.15) is 11.3 Å². The summed E-state index contributed by atoms with van der Waals surface area (Å²) in [7, 11) is 0. The largest absolute Gasteiger partial charge is 0.366 e. The molecule has 0 aliphatic heterocycles. The maximum absolute atomic E-state index is 12.6. The van der Waals surface area contributed by atoms with Crippen LogP contribution in [0.4, 0.5) is 0 Å². The van der Waals surface area contributed by atoms with Crippen LogP contribution in [-0.2, 0) is 4.79 Å². The van der Waals surface area contributed by atoms with Gasteiger partial charge in [0.2, 0.25) is 11.7 Å². The molecule has 3 aromatic heterocycles. The van der Waals surface area contributed by atoms with Crippen molar-refractivity contribution in [3.63, 3.8) is 0 Å². The van der Waals surface area contributed by atoms with E-state index in [1.54, 1.807) is 42.9 Å². The number of nitrogens with two attached hydrogens (primary N) is 1. The Morgan fingerprint density at radius 2 is 1.79 bits per heavy atom. The number of benzene rings is 1. The number of fused-ring (bicyclic) bond motifs is 1. The van der Waals surface area contributed by atoms with Crippen molar-refractivity contribution in [2.24, 2.45) is 5.73 Å². The highest BCUT2D eigenvalue weighted by Gasteiger charge is 2.11. The van der Waals surface area contributed by atoms with Crippen molar-refractivity contribution in [2.75, 3.05) is 0 Å². The van der Waals surface area contributed by atoms with Crippen LogP contribution in [0.1, 0.15) is 27.2 Å². The van der Waals surface area contributed by atoms with Crippen molar-refractivity contribution >= 4 is 28.8 Å². The standard InChI is InChI=1S/C23H18N4O2/c1-14-2-8-20(25-11-14)22(29)16-5-3-15(4-6-16)18-10-19-17(7-9-21(24)28)12-26-23(19)27-13-18/h2-13H,1H3,(H2,24,28)(H,26,27)/b9-7+. The Morgan fingerprint density at radius 1 is 1.00 bits per heavy atom. The lowest BCUT2D eigenvalue weighted by atomic mass is 10.0. The lowest BCUT2D eigenvalue weighted by molar-refractivity contribution is -0.113. The van der Waals surface area contributed by atoms with E-state index in [0.717, 1.165) is 33.3 Å². The number of pyridine rings is 2. The molecule has 4 rings (SSSR count). The Kier molecular flexibility index (Phi) is 4.75. The number of nitrogens with zero attached hydrogens (tertiary/aromatic N) is 2. The van der Waals surface area contributed by atoms with E-state index in [-0.39, 0.29) is 5.78 Å². The Bertz CT molecular complexity index is 1240. The maximum atomic E-state index is 12.6. The molecule has 142 valence electrons. The third-order valence-electron chi connectivity index (χ3n) is 4.61. The number of carbonyl (C=O) groups is 2. The van der Waals surface area contributed by atoms with Crippen LogP contribution in [0.2, 0.25) is 0 Å². The summed E-state index contributed by atoms with van der Waals surface area (Å²) in [4.78, 5) is 35.3. The van der Waals surface area contributed by atoms with Crippen molar-refractivity contribution < 1.29 is 9.59 Å². The summed E-state index contributed by atoms with van der Waals surface area (Å²) >= 11 is 0. The molecule has 0 spiro atoms. The second-order valence-electron chi connectivity index (χ2n) is 6.73. The third kappa shape index (κ3) is 3.82. The van der Waals surface area contributed by atoms with Gasteiger partial charge in [-0.05, 0) is 36.3 Å². The summed E-state index contributed by atoms with van der Waals surface area (Å²) in [5.41, 5.74) is 10.6. The van der Waals surface area contributed by atoms with Crippen molar-refractivity contribution in [2.45, 2.75) is 6.92 Å². The van der Waals surface area contributed by atoms with Gasteiger partial charge in [-0.2, -0.15) is 0 Å². The summed E-state index contributed by atoms with van der Waals surface area (Å²) < 4.78 is 0. The van der Waals surface area contributed by atoms with Crippen LogP contribution in [0.25, 0.3) is 28.2 Å². The molecule has 0 saturated heterocycles. The first-order valence-electron chi connectivity index (χ1n) is 9.04. The number of aryl methyl sites for hydroxylation is 1. The summed E-state index contributed by atoms with van der Waals surface area (Å²) in [6.45, 7) is 1.93. The molecule has 1 aromatic carbocycles. The van der Waals surface area contributed by atoms with Crippen molar-refractivity contribution in [1.29, 1.82) is 0 Å². The van der Waals surface area contributed by atoms with Crippen molar-refractivity contribution in [3.05, 3.63) is 89.5 Å². The summed E-state index contributed by atoms with van der Waals surface area (Å²) in [5, 5.41) is 0.879. The molecule has 4 aromatic rings. The van der Waals surface area contributed by atoms with Crippen LogP contribution in [0.15, 0.2) is 67.1 Å². The fourth-order valence-electron chi connectivity index (χ4n) is 3.06. The van der Waals surface area contributed by atoms with Crippen LogP contribution in [-0.4, -0.2) is 26.6 Å². The van der Waals surface area contributed by atoms with Gasteiger partial charge in [-0.25, -0.2) is 4.98 Å². The smallest absolute Gasteiger partial charge is 0.241 e. The molecule has 0 unspecified atom stereocenters. The minimum atomic E-state index is -0.508. The van der Waals surface area contributed by atoms with Gasteiger partial charge in [0, 0.05) is 46.7 Å². The lowest BCUT2D eigenvalue weighted by Crippen LogP contribution is -2.04. The molecule has 0 fully saturated rings. The molecule has 0 bridgehead atoms. The normalized spacial score (nSPS) is 11.2. The fraction of sp³-hybridized carbons (Fsp3) is 0.0435. The summed E-state index contributed by atoms with van der Waals surface area (Å²) in [6.07, 6.45) is 8.19. The van der Waals surface area contributed by atoms with Gasteiger partial charge in [-0.3, -0.25) is 14.6 Å². The van der Waals surface area contributed by atoms with Gasteiger partial charge >= 0.3 is 0 Å². The van der Waals surface area contributed by atoms with Crippen LogP contribution in [0.3, 0.4) is 0 Å². The quantitative estimate of drug-likeness (QED) is 0.406. The third-order valence-corrected chi connectivity index (χ3v) is 4.61. The Hall–Kier alpha value is -4.06. The number of amides is 1. The van der Waals surface area contributed by atoms with Gasteiger partial charge in [-0.1, -0.05) is 30.3 Å². The van der Waals surface area contributed by atoms with Gasteiger partial charge in [0.05, 0.1) is 0 Å². The molecule has 6 nitrogen and oxygen atoms in total. The molecule has 1 amide bonds. The number of rotatable bonds is 5. The number of primary amides is 1. The molecule has 0 aliphatic rings. The molecule has 0 aliphatic carbocycles. The predicted molar refractivity (Wildman–Crippen MR) is 112 cm³/mol. The van der Waals surface area contributed by atoms with E-state index in [4.69, 9.17) is 5.73 Å². The Labute approximate surface area is 167 Å². The monoisotopic (exact) mass is 382 g/mol. The zero-order valence-electron chi connectivity index (χ0n) is 15.7. The minimum Gasteiger partial charge on any atom is -0.366 e. The average molecular weight is 382 g/mol. The molecule has 6 heteroatoms. The van der Waals surface area contributed by atoms with Crippen molar-refractivity contribution in [1.82, 2.24) is 15.0 Å². The number of carbonyl (C=O) groups excluding carboxylic acids is 2. The highest BCUT2D eigenvalue weighted by atomic mass is 16.1. The van der Waals surface area contributed by atoms with E-state index in [1.807, 2.05) is 31.2 Å². The number of aromatic amines is 1. The molecule has 0 saturated carbocycles. The zero-order chi connectivity index (χ0) is 20.4. The van der Waals surface area contributed by atoms with Gasteiger partial charge < -0.3 is 10.7 Å².